The third-order valence-corrected chi connectivity index (χ3v) is 6.83. The molecule has 1 unspecified atom stereocenters. The second-order valence-corrected chi connectivity index (χ2v) is 8.55. The van der Waals surface area contributed by atoms with E-state index in [0.717, 1.165) is 16.8 Å². The fourth-order valence-corrected chi connectivity index (χ4v) is 5.14. The van der Waals surface area contributed by atoms with Crippen LogP contribution < -0.4 is 9.64 Å². The Bertz CT molecular complexity index is 1340. The third-order valence-electron chi connectivity index (χ3n) is 6.83. The van der Waals surface area contributed by atoms with Crippen molar-refractivity contribution in [1.82, 2.24) is 0 Å². The van der Waals surface area contributed by atoms with E-state index in [4.69, 9.17) is 9.73 Å². The van der Waals surface area contributed by atoms with Gasteiger partial charge >= 0.3 is 0 Å². The van der Waals surface area contributed by atoms with Crippen molar-refractivity contribution in [1.29, 1.82) is 0 Å². The van der Waals surface area contributed by atoms with Gasteiger partial charge in [0.25, 0.3) is 0 Å². The molecule has 0 radical (unpaired) electrons. The molecular weight excluding hydrogens is 356 g/mol. The van der Waals surface area contributed by atoms with Crippen LogP contribution in [0.1, 0.15) is 19.4 Å². The topological polar surface area (TPSA) is 24.8 Å². The van der Waals surface area contributed by atoms with Crippen LogP contribution in [0.15, 0.2) is 77.8 Å². The number of anilines is 1. The van der Waals surface area contributed by atoms with Crippen LogP contribution in [0.3, 0.4) is 0 Å². The molecule has 0 amide bonds. The Hall–Kier alpha value is -3.33. The molecule has 1 spiro atoms. The molecule has 2 aliphatic rings. The number of ether oxygens (including phenoxy) is 1. The van der Waals surface area contributed by atoms with Gasteiger partial charge in [0, 0.05) is 18.1 Å². The highest BCUT2D eigenvalue weighted by molar-refractivity contribution is 6.12. The molecular formula is C26H22N2O. The molecule has 142 valence electrons. The predicted molar refractivity (Wildman–Crippen MR) is 121 cm³/mol. The summed E-state index contributed by atoms with van der Waals surface area (Å²) in [5.41, 5.74) is 2.51. The Labute approximate surface area is 170 Å². The maximum Gasteiger partial charge on any atom is 0.228 e. The summed E-state index contributed by atoms with van der Waals surface area (Å²) in [6, 6.07) is 25.6. The zero-order valence-electron chi connectivity index (χ0n) is 16.8. The molecule has 0 fully saturated rings. The highest BCUT2D eigenvalue weighted by Gasteiger charge is 2.58. The van der Waals surface area contributed by atoms with Gasteiger partial charge in [-0.25, -0.2) is 0 Å². The molecule has 3 heteroatoms. The van der Waals surface area contributed by atoms with Gasteiger partial charge in [-0.1, -0.05) is 54.6 Å². The molecule has 1 atom stereocenters. The normalized spacial score (nSPS) is 21.4. The number of benzene rings is 4. The standard InChI is InChI=1S/C26H22N2O/c1-25(2)21-10-6-7-11-22(21)28(3)26(25)16-27-24-20-13-12-17-8-4-5-9-18(17)19(20)14-15-23(24)29-26/h4-16H,1-3H3. The van der Waals surface area contributed by atoms with E-state index in [2.05, 4.69) is 98.6 Å². The minimum Gasteiger partial charge on any atom is -0.459 e. The van der Waals surface area contributed by atoms with E-state index in [0.29, 0.717) is 0 Å². The Morgan fingerprint density at radius 1 is 0.793 bits per heavy atom. The van der Waals surface area contributed by atoms with Gasteiger partial charge < -0.3 is 9.64 Å². The molecule has 0 aliphatic carbocycles. The largest absolute Gasteiger partial charge is 0.459 e. The smallest absolute Gasteiger partial charge is 0.228 e. The highest BCUT2D eigenvalue weighted by atomic mass is 16.5. The van der Waals surface area contributed by atoms with Crippen molar-refractivity contribution in [2.45, 2.75) is 25.0 Å². The minimum absolute atomic E-state index is 0.238. The van der Waals surface area contributed by atoms with E-state index in [-0.39, 0.29) is 5.41 Å². The Balaban J connectivity index is 1.56. The number of nitrogens with zero attached hydrogens (tertiary/aromatic N) is 2. The van der Waals surface area contributed by atoms with Crippen molar-refractivity contribution in [3.63, 3.8) is 0 Å². The number of hydrogen-bond donors (Lipinski definition) is 0. The van der Waals surface area contributed by atoms with Crippen molar-refractivity contribution >= 4 is 39.1 Å². The Morgan fingerprint density at radius 2 is 1.55 bits per heavy atom. The average molecular weight is 378 g/mol. The van der Waals surface area contributed by atoms with Crippen LogP contribution in [-0.2, 0) is 5.41 Å². The summed E-state index contributed by atoms with van der Waals surface area (Å²) in [7, 11) is 2.10. The Kier molecular flexibility index (Phi) is 3.08. The first-order chi connectivity index (χ1) is 14.0. The van der Waals surface area contributed by atoms with Crippen LogP contribution in [0.2, 0.25) is 0 Å². The van der Waals surface area contributed by atoms with Gasteiger partial charge in [0.15, 0.2) is 0 Å². The van der Waals surface area contributed by atoms with E-state index in [1.54, 1.807) is 0 Å². The lowest BCUT2D eigenvalue weighted by atomic mass is 9.77. The number of fused-ring (bicyclic) bond motifs is 6. The van der Waals surface area contributed by atoms with Crippen molar-refractivity contribution in [2.24, 2.45) is 4.99 Å². The van der Waals surface area contributed by atoms with Crippen LogP contribution in [0.4, 0.5) is 11.4 Å². The maximum atomic E-state index is 6.79. The number of likely N-dealkylation sites (N-methyl/N-ethyl adjacent to an activating group) is 1. The first-order valence-corrected chi connectivity index (χ1v) is 10.0. The Morgan fingerprint density at radius 3 is 2.41 bits per heavy atom. The second kappa shape index (κ2) is 5.38. The quantitative estimate of drug-likeness (QED) is 0.340. The molecule has 0 bridgehead atoms. The van der Waals surface area contributed by atoms with Gasteiger partial charge in [-0.3, -0.25) is 4.99 Å². The summed E-state index contributed by atoms with van der Waals surface area (Å²) >= 11 is 0. The number of rotatable bonds is 0. The molecule has 0 aromatic heterocycles. The molecule has 2 aliphatic heterocycles. The van der Waals surface area contributed by atoms with Crippen LogP contribution in [0.5, 0.6) is 5.75 Å². The lowest BCUT2D eigenvalue weighted by molar-refractivity contribution is 0.0826. The van der Waals surface area contributed by atoms with E-state index in [9.17, 15) is 0 Å². The SMILES string of the molecule is CN1c2ccccc2C(C)(C)C12C=Nc1c(ccc3c1ccc1ccccc13)O2. The second-order valence-electron chi connectivity index (χ2n) is 8.55. The molecule has 0 N–H and O–H groups in total. The average Bonchev–Trinajstić information content (AvgIpc) is 2.92. The van der Waals surface area contributed by atoms with Gasteiger partial charge in [-0.05, 0) is 53.8 Å². The maximum absolute atomic E-state index is 6.79. The summed E-state index contributed by atoms with van der Waals surface area (Å²) in [6.07, 6.45) is 2.00. The van der Waals surface area contributed by atoms with Gasteiger partial charge in [0.1, 0.15) is 11.4 Å². The van der Waals surface area contributed by atoms with Crippen LogP contribution in [-0.4, -0.2) is 19.0 Å². The summed E-state index contributed by atoms with van der Waals surface area (Å²) in [5, 5.41) is 4.82. The number of hydrogen-bond acceptors (Lipinski definition) is 3. The number of aliphatic imine (C=N–C) groups is 1. The molecule has 2 heterocycles. The van der Waals surface area contributed by atoms with Gasteiger partial charge in [-0.2, -0.15) is 0 Å². The predicted octanol–water partition coefficient (Wildman–Crippen LogP) is 6.21. The van der Waals surface area contributed by atoms with Crippen LogP contribution >= 0.6 is 0 Å². The summed E-state index contributed by atoms with van der Waals surface area (Å²) in [5.74, 6) is 0.836. The molecule has 4 aromatic rings. The molecule has 0 saturated heterocycles. The van der Waals surface area contributed by atoms with Crippen molar-refractivity contribution < 1.29 is 4.74 Å². The van der Waals surface area contributed by atoms with E-state index in [1.165, 1.54) is 27.4 Å². The van der Waals surface area contributed by atoms with Crippen molar-refractivity contribution in [3.05, 3.63) is 78.4 Å². The monoisotopic (exact) mass is 378 g/mol. The lowest BCUT2D eigenvalue weighted by Gasteiger charge is -2.45. The van der Waals surface area contributed by atoms with E-state index >= 15 is 0 Å². The van der Waals surface area contributed by atoms with Crippen molar-refractivity contribution in [3.8, 4) is 5.75 Å². The van der Waals surface area contributed by atoms with E-state index in [1.807, 2.05) is 6.21 Å². The fourth-order valence-electron chi connectivity index (χ4n) is 5.14. The van der Waals surface area contributed by atoms with E-state index < -0.39 is 5.72 Å². The molecule has 0 saturated carbocycles. The summed E-state index contributed by atoms with van der Waals surface area (Å²) in [4.78, 5) is 7.22. The molecule has 4 aromatic carbocycles. The lowest BCUT2D eigenvalue weighted by Crippen LogP contribution is -2.61. The minimum atomic E-state index is -0.645. The first kappa shape index (κ1) is 16.6. The highest BCUT2D eigenvalue weighted by Crippen LogP contribution is 2.54. The number of para-hydroxylation sites is 1. The summed E-state index contributed by atoms with van der Waals surface area (Å²) in [6.45, 7) is 4.47. The third kappa shape index (κ3) is 1.95. The molecule has 6 rings (SSSR count). The molecule has 3 nitrogen and oxygen atoms in total. The zero-order valence-corrected chi connectivity index (χ0v) is 16.8. The van der Waals surface area contributed by atoms with Crippen LogP contribution in [0.25, 0.3) is 21.5 Å². The zero-order chi connectivity index (χ0) is 19.8. The van der Waals surface area contributed by atoms with Crippen molar-refractivity contribution in [2.75, 3.05) is 11.9 Å². The van der Waals surface area contributed by atoms with Gasteiger partial charge in [0.05, 0.1) is 11.6 Å². The molecule has 29 heavy (non-hydrogen) atoms. The fraction of sp³-hybridized carbons (Fsp3) is 0.192. The first-order valence-electron chi connectivity index (χ1n) is 10.0. The summed E-state index contributed by atoms with van der Waals surface area (Å²) < 4.78 is 6.79. The van der Waals surface area contributed by atoms with Gasteiger partial charge in [-0.15, -0.1) is 0 Å². The van der Waals surface area contributed by atoms with Crippen LogP contribution in [0, 0.1) is 0 Å². The van der Waals surface area contributed by atoms with Gasteiger partial charge in [0.2, 0.25) is 5.72 Å².